The van der Waals surface area contributed by atoms with Crippen molar-refractivity contribution in [3.63, 3.8) is 0 Å². The Bertz CT molecular complexity index is 791. The third-order valence-electron chi connectivity index (χ3n) is 4.00. The van der Waals surface area contributed by atoms with Crippen molar-refractivity contribution in [2.24, 2.45) is 0 Å². The van der Waals surface area contributed by atoms with Crippen molar-refractivity contribution < 1.29 is 19.1 Å². The van der Waals surface area contributed by atoms with Crippen molar-refractivity contribution in [3.05, 3.63) is 65.0 Å². The molecule has 1 heterocycles. The van der Waals surface area contributed by atoms with Gasteiger partial charge in [0.2, 0.25) is 5.91 Å². The van der Waals surface area contributed by atoms with Gasteiger partial charge in [0.15, 0.2) is 0 Å². The smallest absolute Gasteiger partial charge is 0.335 e. The second-order valence-corrected chi connectivity index (χ2v) is 6.55. The maximum absolute atomic E-state index is 13.1. The van der Waals surface area contributed by atoms with Crippen LogP contribution in [0.3, 0.4) is 0 Å². The van der Waals surface area contributed by atoms with Crippen molar-refractivity contribution in [2.45, 2.75) is 18.7 Å². The number of carboxylic acid groups (broad SMARTS) is 1. The number of thioether (sulfide) groups is 1. The highest BCUT2D eigenvalue weighted by atomic mass is 32.2. The van der Waals surface area contributed by atoms with Gasteiger partial charge >= 0.3 is 5.97 Å². The molecule has 24 heavy (non-hydrogen) atoms. The van der Waals surface area contributed by atoms with E-state index in [-0.39, 0.29) is 22.7 Å². The molecule has 124 valence electrons. The van der Waals surface area contributed by atoms with E-state index in [0.29, 0.717) is 23.4 Å². The summed E-state index contributed by atoms with van der Waals surface area (Å²) in [5, 5.41) is 9.00. The monoisotopic (exact) mass is 345 g/mol. The Morgan fingerprint density at radius 3 is 2.62 bits per heavy atom. The summed E-state index contributed by atoms with van der Waals surface area (Å²) in [4.78, 5) is 25.3. The number of anilines is 1. The molecule has 1 aliphatic heterocycles. The Kier molecular flexibility index (Phi) is 4.57. The fourth-order valence-corrected chi connectivity index (χ4v) is 3.99. The zero-order chi connectivity index (χ0) is 17.3. The Balaban J connectivity index is 2.00. The first kappa shape index (κ1) is 16.5. The van der Waals surface area contributed by atoms with E-state index in [2.05, 4.69) is 0 Å². The molecule has 0 spiro atoms. The average Bonchev–Trinajstić information content (AvgIpc) is 2.96. The number of carbonyl (C=O) groups excluding carboxylic acids is 1. The number of halogens is 1. The predicted molar refractivity (Wildman–Crippen MR) is 91.9 cm³/mol. The highest BCUT2D eigenvalue weighted by Gasteiger charge is 2.34. The number of carboxylic acids is 1. The molecule has 0 saturated carbocycles. The largest absolute Gasteiger partial charge is 0.478 e. The van der Waals surface area contributed by atoms with Crippen LogP contribution in [0.1, 0.15) is 33.8 Å². The number of aryl methyl sites for hydroxylation is 1. The zero-order valence-corrected chi connectivity index (χ0v) is 13.8. The standard InChI is InChI=1S/C18H16FNO3S/c1-2-11-9-14(7-8-15(11)18(22)23)20-16(21)10-24-17(20)12-3-5-13(19)6-4-12/h3-9,17H,2,10H2,1H3,(H,22,23). The number of amides is 1. The Hall–Kier alpha value is -2.34. The minimum Gasteiger partial charge on any atom is -0.478 e. The fraction of sp³-hybridized carbons (Fsp3) is 0.222. The number of carbonyl (C=O) groups is 2. The van der Waals surface area contributed by atoms with Crippen molar-refractivity contribution in [2.75, 3.05) is 10.7 Å². The van der Waals surface area contributed by atoms with Gasteiger partial charge in [-0.25, -0.2) is 9.18 Å². The summed E-state index contributed by atoms with van der Waals surface area (Å²) in [7, 11) is 0. The van der Waals surface area contributed by atoms with E-state index in [4.69, 9.17) is 0 Å². The van der Waals surface area contributed by atoms with Gasteiger partial charge in [-0.2, -0.15) is 0 Å². The van der Waals surface area contributed by atoms with Gasteiger partial charge in [0.25, 0.3) is 0 Å². The number of aromatic carboxylic acids is 1. The summed E-state index contributed by atoms with van der Waals surface area (Å²) in [5.41, 5.74) is 2.44. The average molecular weight is 345 g/mol. The van der Waals surface area contributed by atoms with Gasteiger partial charge in [-0.15, -0.1) is 11.8 Å². The molecule has 0 aromatic heterocycles. The highest BCUT2D eigenvalue weighted by Crippen LogP contribution is 2.42. The van der Waals surface area contributed by atoms with Gasteiger partial charge < -0.3 is 5.11 Å². The summed E-state index contributed by atoms with van der Waals surface area (Å²) in [6, 6.07) is 11.0. The second-order valence-electron chi connectivity index (χ2n) is 5.48. The molecule has 1 amide bonds. The lowest BCUT2D eigenvalue weighted by atomic mass is 10.0. The summed E-state index contributed by atoms with van der Waals surface area (Å²) in [6.45, 7) is 1.88. The van der Waals surface area contributed by atoms with Gasteiger partial charge in [-0.1, -0.05) is 19.1 Å². The Morgan fingerprint density at radius 1 is 1.29 bits per heavy atom. The van der Waals surface area contributed by atoms with E-state index >= 15 is 0 Å². The topological polar surface area (TPSA) is 57.6 Å². The third kappa shape index (κ3) is 3.01. The van der Waals surface area contributed by atoms with Gasteiger partial charge in [0.05, 0.1) is 11.3 Å². The first-order valence-electron chi connectivity index (χ1n) is 7.56. The third-order valence-corrected chi connectivity index (χ3v) is 5.21. The summed E-state index contributed by atoms with van der Waals surface area (Å²) < 4.78 is 13.1. The van der Waals surface area contributed by atoms with Gasteiger partial charge in [0, 0.05) is 5.69 Å². The van der Waals surface area contributed by atoms with Crippen LogP contribution >= 0.6 is 11.8 Å². The lowest BCUT2D eigenvalue weighted by Gasteiger charge is -2.25. The minimum absolute atomic E-state index is 0.0422. The molecule has 1 aliphatic rings. The number of hydrogen-bond donors (Lipinski definition) is 1. The van der Waals surface area contributed by atoms with Gasteiger partial charge in [-0.05, 0) is 47.9 Å². The van der Waals surface area contributed by atoms with Crippen LogP contribution < -0.4 is 4.90 Å². The highest BCUT2D eigenvalue weighted by molar-refractivity contribution is 8.00. The molecule has 6 heteroatoms. The SMILES string of the molecule is CCc1cc(N2C(=O)CSC2c2ccc(F)cc2)ccc1C(=O)O. The number of benzene rings is 2. The Labute approximate surface area is 143 Å². The van der Waals surface area contributed by atoms with E-state index in [0.717, 1.165) is 5.56 Å². The van der Waals surface area contributed by atoms with E-state index < -0.39 is 5.97 Å². The lowest BCUT2D eigenvalue weighted by molar-refractivity contribution is -0.115. The lowest BCUT2D eigenvalue weighted by Crippen LogP contribution is -2.28. The van der Waals surface area contributed by atoms with Crippen LogP contribution in [0.15, 0.2) is 42.5 Å². The van der Waals surface area contributed by atoms with Crippen LogP contribution in [-0.4, -0.2) is 22.7 Å². The molecule has 1 fully saturated rings. The molecule has 0 aliphatic carbocycles. The van der Waals surface area contributed by atoms with Gasteiger partial charge in [-0.3, -0.25) is 9.69 Å². The molecule has 1 unspecified atom stereocenters. The Morgan fingerprint density at radius 2 is 2.00 bits per heavy atom. The summed E-state index contributed by atoms with van der Waals surface area (Å²) >= 11 is 1.47. The molecular formula is C18H16FNO3S. The normalized spacial score (nSPS) is 17.3. The number of hydrogen-bond acceptors (Lipinski definition) is 3. The molecule has 1 atom stereocenters. The molecule has 2 aromatic carbocycles. The molecule has 2 aromatic rings. The molecule has 3 rings (SSSR count). The number of nitrogens with zero attached hydrogens (tertiary/aromatic N) is 1. The predicted octanol–water partition coefficient (Wildman–Crippen LogP) is 3.86. The van der Waals surface area contributed by atoms with Crippen molar-refractivity contribution in [1.29, 1.82) is 0 Å². The minimum atomic E-state index is -0.976. The van der Waals surface area contributed by atoms with Crippen molar-refractivity contribution in [3.8, 4) is 0 Å². The maximum atomic E-state index is 13.1. The maximum Gasteiger partial charge on any atom is 0.335 e. The molecule has 0 radical (unpaired) electrons. The molecule has 0 bridgehead atoms. The first-order chi connectivity index (χ1) is 11.5. The summed E-state index contributed by atoms with van der Waals surface area (Å²) in [5.74, 6) is -1.00. The first-order valence-corrected chi connectivity index (χ1v) is 8.61. The molecular weight excluding hydrogens is 329 g/mol. The second kappa shape index (κ2) is 6.65. The van der Waals surface area contributed by atoms with Crippen LogP contribution in [0.25, 0.3) is 0 Å². The van der Waals surface area contributed by atoms with Crippen LogP contribution in [0.4, 0.5) is 10.1 Å². The molecule has 4 nitrogen and oxygen atoms in total. The van der Waals surface area contributed by atoms with Crippen molar-refractivity contribution in [1.82, 2.24) is 0 Å². The van der Waals surface area contributed by atoms with Crippen LogP contribution in [-0.2, 0) is 11.2 Å². The molecule has 1 N–H and O–H groups in total. The van der Waals surface area contributed by atoms with Crippen LogP contribution in [0.2, 0.25) is 0 Å². The van der Waals surface area contributed by atoms with Crippen molar-refractivity contribution >= 4 is 29.3 Å². The van der Waals surface area contributed by atoms with E-state index in [1.54, 1.807) is 29.2 Å². The zero-order valence-electron chi connectivity index (χ0n) is 13.0. The molecule has 1 saturated heterocycles. The quantitative estimate of drug-likeness (QED) is 0.914. The summed E-state index contributed by atoms with van der Waals surface area (Å²) in [6.07, 6.45) is 0.561. The van der Waals surface area contributed by atoms with E-state index in [1.165, 1.54) is 30.0 Å². The van der Waals surface area contributed by atoms with E-state index in [9.17, 15) is 19.1 Å². The van der Waals surface area contributed by atoms with E-state index in [1.807, 2.05) is 6.92 Å². The number of rotatable bonds is 4. The fourth-order valence-electron chi connectivity index (χ4n) is 2.81. The van der Waals surface area contributed by atoms with Crippen LogP contribution in [0, 0.1) is 5.82 Å². The van der Waals surface area contributed by atoms with Gasteiger partial charge in [0.1, 0.15) is 11.2 Å². The van der Waals surface area contributed by atoms with Crippen LogP contribution in [0.5, 0.6) is 0 Å².